The minimum absolute atomic E-state index is 0.179. The molecule has 1 amide bonds. The van der Waals surface area contributed by atoms with Crippen LogP contribution in [0.3, 0.4) is 0 Å². The molecule has 136 valence electrons. The fourth-order valence-corrected chi connectivity index (χ4v) is 4.49. The highest BCUT2D eigenvalue weighted by atomic mass is 32.1. The molecule has 0 radical (unpaired) electrons. The zero-order valence-electron chi connectivity index (χ0n) is 15.5. The van der Waals surface area contributed by atoms with Crippen molar-refractivity contribution in [3.63, 3.8) is 0 Å². The monoisotopic (exact) mass is 367 g/mol. The van der Waals surface area contributed by atoms with E-state index in [4.69, 9.17) is 5.26 Å². The number of hydrogen-bond donors (Lipinski definition) is 0. The summed E-state index contributed by atoms with van der Waals surface area (Å²) in [5.74, 6) is 0.179. The maximum absolute atomic E-state index is 12.9. The zero-order valence-corrected chi connectivity index (χ0v) is 16.3. The van der Waals surface area contributed by atoms with Crippen LogP contribution < -0.4 is 0 Å². The lowest BCUT2D eigenvalue weighted by atomic mass is 10.1. The number of nitrogens with zero attached hydrogens (tertiary/aromatic N) is 3. The lowest BCUT2D eigenvalue weighted by Crippen LogP contribution is -2.34. The third-order valence-electron chi connectivity index (χ3n) is 4.98. The quantitative estimate of drug-likeness (QED) is 0.825. The van der Waals surface area contributed by atoms with E-state index in [1.807, 2.05) is 29.2 Å². The van der Waals surface area contributed by atoms with Gasteiger partial charge in [0.15, 0.2) is 0 Å². The summed E-state index contributed by atoms with van der Waals surface area (Å²) in [6.07, 6.45) is 1.97. The van der Waals surface area contributed by atoms with Crippen LogP contribution in [0.5, 0.6) is 0 Å². The summed E-state index contributed by atoms with van der Waals surface area (Å²) in [5.41, 5.74) is 3.19. The van der Waals surface area contributed by atoms with Crippen molar-refractivity contribution in [2.45, 2.75) is 33.2 Å². The summed E-state index contributed by atoms with van der Waals surface area (Å²) in [5, 5.41) is 8.90. The number of hydrogen-bond acceptors (Lipinski definition) is 4. The summed E-state index contributed by atoms with van der Waals surface area (Å²) in [4.78, 5) is 19.4. The molecular weight excluding hydrogens is 342 g/mol. The van der Waals surface area contributed by atoms with Gasteiger partial charge < -0.3 is 4.90 Å². The van der Waals surface area contributed by atoms with Crippen molar-refractivity contribution >= 4 is 17.2 Å². The maximum Gasteiger partial charge on any atom is 0.263 e. The number of benzene rings is 1. The molecule has 4 nitrogen and oxygen atoms in total. The highest BCUT2D eigenvalue weighted by molar-refractivity contribution is 7.14. The molecule has 1 aromatic carbocycles. The highest BCUT2D eigenvalue weighted by Gasteiger charge is 2.22. The van der Waals surface area contributed by atoms with E-state index in [0.717, 1.165) is 50.4 Å². The third kappa shape index (κ3) is 4.32. The van der Waals surface area contributed by atoms with Crippen LogP contribution in [0.2, 0.25) is 0 Å². The van der Waals surface area contributed by atoms with Crippen LogP contribution in [0.15, 0.2) is 30.3 Å². The number of carbonyl (C=O) groups is 1. The molecule has 0 atom stereocenters. The molecule has 1 aromatic heterocycles. The SMILES string of the molecule is CCc1cc(C(=O)N2CCCN(Cc3ccc(C#N)cc3)CC2)sc1C. The lowest BCUT2D eigenvalue weighted by Gasteiger charge is -2.21. The van der Waals surface area contributed by atoms with Crippen molar-refractivity contribution < 1.29 is 4.79 Å². The Balaban J connectivity index is 1.60. The second kappa shape index (κ2) is 8.48. The average Bonchev–Trinajstić information content (AvgIpc) is 2.89. The van der Waals surface area contributed by atoms with Crippen molar-refractivity contribution in [2.75, 3.05) is 26.2 Å². The Morgan fingerprint density at radius 2 is 1.96 bits per heavy atom. The van der Waals surface area contributed by atoms with E-state index in [0.29, 0.717) is 5.56 Å². The highest BCUT2D eigenvalue weighted by Crippen LogP contribution is 2.24. The van der Waals surface area contributed by atoms with Gasteiger partial charge in [-0.1, -0.05) is 19.1 Å². The minimum atomic E-state index is 0.179. The molecule has 5 heteroatoms. The van der Waals surface area contributed by atoms with Crippen LogP contribution in [0.4, 0.5) is 0 Å². The predicted octanol–water partition coefficient (Wildman–Crippen LogP) is 3.84. The van der Waals surface area contributed by atoms with E-state index in [1.165, 1.54) is 16.0 Å². The van der Waals surface area contributed by atoms with Gasteiger partial charge in [0, 0.05) is 37.6 Å². The molecule has 0 N–H and O–H groups in total. The number of amides is 1. The van der Waals surface area contributed by atoms with E-state index in [-0.39, 0.29) is 5.91 Å². The molecule has 2 heterocycles. The maximum atomic E-state index is 12.9. The molecule has 2 aromatic rings. The number of thiophene rings is 1. The first-order valence-corrected chi connectivity index (χ1v) is 10.0. The Morgan fingerprint density at radius 3 is 2.62 bits per heavy atom. The topological polar surface area (TPSA) is 47.3 Å². The van der Waals surface area contributed by atoms with E-state index in [9.17, 15) is 4.79 Å². The molecule has 0 unspecified atom stereocenters. The Bertz CT molecular complexity index is 804. The van der Waals surface area contributed by atoms with E-state index in [2.05, 4.69) is 30.9 Å². The van der Waals surface area contributed by atoms with Gasteiger partial charge in [-0.05, 0) is 49.1 Å². The fraction of sp³-hybridized carbons (Fsp3) is 0.429. The van der Waals surface area contributed by atoms with Crippen LogP contribution >= 0.6 is 11.3 Å². The number of nitriles is 1. The molecule has 3 rings (SSSR count). The summed E-state index contributed by atoms with van der Waals surface area (Å²) >= 11 is 1.62. The summed E-state index contributed by atoms with van der Waals surface area (Å²) in [6.45, 7) is 8.57. The predicted molar refractivity (Wildman–Crippen MR) is 105 cm³/mol. The van der Waals surface area contributed by atoms with Crippen LogP contribution in [0.25, 0.3) is 0 Å². The molecule has 1 fully saturated rings. The van der Waals surface area contributed by atoms with E-state index in [1.54, 1.807) is 11.3 Å². The Morgan fingerprint density at radius 1 is 1.19 bits per heavy atom. The van der Waals surface area contributed by atoms with Crippen LogP contribution in [0.1, 0.15) is 44.6 Å². The molecule has 0 aliphatic carbocycles. The Labute approximate surface area is 159 Å². The molecule has 0 saturated carbocycles. The van der Waals surface area contributed by atoms with Crippen molar-refractivity contribution in [1.29, 1.82) is 5.26 Å². The van der Waals surface area contributed by atoms with Crippen molar-refractivity contribution in [2.24, 2.45) is 0 Å². The van der Waals surface area contributed by atoms with Gasteiger partial charge >= 0.3 is 0 Å². The number of carbonyl (C=O) groups excluding carboxylic acids is 1. The third-order valence-corrected chi connectivity index (χ3v) is 6.06. The lowest BCUT2D eigenvalue weighted by molar-refractivity contribution is 0.0766. The summed E-state index contributed by atoms with van der Waals surface area (Å²) in [6, 6.07) is 12.0. The number of rotatable bonds is 4. The zero-order chi connectivity index (χ0) is 18.5. The van der Waals surface area contributed by atoms with Gasteiger partial charge in [0.05, 0.1) is 16.5 Å². The van der Waals surface area contributed by atoms with Crippen molar-refractivity contribution in [3.05, 3.63) is 56.8 Å². The largest absolute Gasteiger partial charge is 0.337 e. The van der Waals surface area contributed by atoms with Gasteiger partial charge in [-0.3, -0.25) is 9.69 Å². The first kappa shape index (κ1) is 18.6. The van der Waals surface area contributed by atoms with E-state index >= 15 is 0 Å². The van der Waals surface area contributed by atoms with Gasteiger partial charge in [-0.2, -0.15) is 5.26 Å². The number of aryl methyl sites for hydroxylation is 2. The molecule has 26 heavy (non-hydrogen) atoms. The van der Waals surface area contributed by atoms with Gasteiger partial charge in [0.1, 0.15) is 0 Å². The first-order valence-electron chi connectivity index (χ1n) is 9.20. The Hall–Kier alpha value is -2.16. The standard InChI is InChI=1S/C21H25N3OS/c1-3-19-13-20(26-16(19)2)21(25)24-10-4-9-23(11-12-24)15-18-7-5-17(14-22)6-8-18/h5-8,13H,3-4,9-12,15H2,1-2H3. The van der Waals surface area contributed by atoms with Gasteiger partial charge in [0.25, 0.3) is 5.91 Å². The Kier molecular flexibility index (Phi) is 6.08. The van der Waals surface area contributed by atoms with Crippen LogP contribution in [0, 0.1) is 18.3 Å². The van der Waals surface area contributed by atoms with Gasteiger partial charge in [-0.25, -0.2) is 0 Å². The van der Waals surface area contributed by atoms with Gasteiger partial charge in [-0.15, -0.1) is 11.3 Å². The molecule has 0 spiro atoms. The molecular formula is C21H25N3OS. The summed E-state index contributed by atoms with van der Waals surface area (Å²) in [7, 11) is 0. The van der Waals surface area contributed by atoms with Gasteiger partial charge in [0.2, 0.25) is 0 Å². The average molecular weight is 368 g/mol. The minimum Gasteiger partial charge on any atom is -0.337 e. The van der Waals surface area contributed by atoms with E-state index < -0.39 is 0 Å². The molecule has 0 bridgehead atoms. The van der Waals surface area contributed by atoms with Crippen molar-refractivity contribution in [1.82, 2.24) is 9.80 Å². The molecule has 1 aliphatic rings. The first-order chi connectivity index (χ1) is 12.6. The van der Waals surface area contributed by atoms with Crippen molar-refractivity contribution in [3.8, 4) is 6.07 Å². The second-order valence-electron chi connectivity index (χ2n) is 6.78. The van der Waals surface area contributed by atoms with Crippen LogP contribution in [-0.2, 0) is 13.0 Å². The molecule has 1 aliphatic heterocycles. The van der Waals surface area contributed by atoms with Crippen LogP contribution in [-0.4, -0.2) is 41.9 Å². The second-order valence-corrected chi connectivity index (χ2v) is 8.03. The smallest absolute Gasteiger partial charge is 0.263 e. The fourth-order valence-electron chi connectivity index (χ4n) is 3.41. The summed E-state index contributed by atoms with van der Waals surface area (Å²) < 4.78 is 0. The molecule has 1 saturated heterocycles. The normalized spacial score (nSPS) is 15.5.